The molecular weight excluding hydrogens is 389 g/mol. The minimum atomic E-state index is -0.280. The van der Waals surface area contributed by atoms with Crippen LogP contribution in [0.25, 0.3) is 0 Å². The van der Waals surface area contributed by atoms with Gasteiger partial charge in [-0.15, -0.1) is 0 Å². The predicted molar refractivity (Wildman–Crippen MR) is 115 cm³/mol. The van der Waals surface area contributed by atoms with Gasteiger partial charge in [-0.2, -0.15) is 11.8 Å². The molecule has 3 heterocycles. The minimum absolute atomic E-state index is 0.00847. The molecular formula is C21H26FN5OS. The van der Waals surface area contributed by atoms with E-state index in [0.29, 0.717) is 6.54 Å². The number of halogens is 1. The Hall–Kier alpha value is -2.35. The van der Waals surface area contributed by atoms with E-state index in [1.54, 1.807) is 6.07 Å². The molecule has 4 rings (SSSR count). The third-order valence-corrected chi connectivity index (χ3v) is 6.45. The molecule has 0 atom stereocenters. The highest BCUT2D eigenvalue weighted by Crippen LogP contribution is 2.24. The van der Waals surface area contributed by atoms with Crippen molar-refractivity contribution in [3.63, 3.8) is 0 Å². The Balaban J connectivity index is 1.26. The van der Waals surface area contributed by atoms with Crippen LogP contribution in [0.5, 0.6) is 0 Å². The third kappa shape index (κ3) is 5.18. The topological polar surface area (TPSA) is 61.4 Å². The molecule has 8 heteroatoms. The van der Waals surface area contributed by atoms with E-state index in [9.17, 15) is 9.18 Å². The summed E-state index contributed by atoms with van der Waals surface area (Å²) in [5, 5.41) is 2.94. The number of nitrogens with zero attached hydrogens (tertiary/aromatic N) is 4. The number of carbonyl (C=O) groups is 1. The SMILES string of the molecule is O=C(NCc1cccc(F)c1)C1CCN(c2cnc(N3CCSCC3)nc2)CC1. The summed E-state index contributed by atoms with van der Waals surface area (Å²) in [6.45, 7) is 3.98. The summed E-state index contributed by atoms with van der Waals surface area (Å²) in [5.74, 6) is 2.81. The van der Waals surface area contributed by atoms with E-state index in [1.165, 1.54) is 12.1 Å². The van der Waals surface area contributed by atoms with E-state index < -0.39 is 0 Å². The average molecular weight is 416 g/mol. The Morgan fingerprint density at radius 2 is 1.83 bits per heavy atom. The summed E-state index contributed by atoms with van der Waals surface area (Å²) in [5.41, 5.74) is 1.79. The Labute approximate surface area is 174 Å². The Kier molecular flexibility index (Phi) is 6.49. The number of carbonyl (C=O) groups excluding carboxylic acids is 1. The average Bonchev–Trinajstić information content (AvgIpc) is 2.78. The number of amides is 1. The van der Waals surface area contributed by atoms with E-state index >= 15 is 0 Å². The van der Waals surface area contributed by atoms with Gasteiger partial charge in [0.15, 0.2) is 0 Å². The van der Waals surface area contributed by atoms with Crippen LogP contribution in [0.1, 0.15) is 18.4 Å². The fourth-order valence-corrected chi connectivity index (χ4v) is 4.69. The van der Waals surface area contributed by atoms with Gasteiger partial charge in [-0.05, 0) is 30.5 Å². The second kappa shape index (κ2) is 9.43. The van der Waals surface area contributed by atoms with E-state index in [4.69, 9.17) is 0 Å². The van der Waals surface area contributed by atoms with Crippen molar-refractivity contribution >= 4 is 29.3 Å². The van der Waals surface area contributed by atoms with Crippen LogP contribution < -0.4 is 15.1 Å². The first-order valence-corrected chi connectivity index (χ1v) is 11.3. The normalized spacial score (nSPS) is 18.0. The largest absolute Gasteiger partial charge is 0.369 e. The number of piperidine rings is 1. The van der Waals surface area contributed by atoms with Crippen molar-refractivity contribution in [3.8, 4) is 0 Å². The zero-order valence-electron chi connectivity index (χ0n) is 16.4. The summed E-state index contributed by atoms with van der Waals surface area (Å²) < 4.78 is 13.2. The van der Waals surface area contributed by atoms with Gasteiger partial charge in [0.2, 0.25) is 11.9 Å². The van der Waals surface area contributed by atoms with Gasteiger partial charge in [0.05, 0.1) is 18.1 Å². The van der Waals surface area contributed by atoms with E-state index in [0.717, 1.165) is 67.7 Å². The number of anilines is 2. The first-order valence-electron chi connectivity index (χ1n) is 10.1. The van der Waals surface area contributed by atoms with Crippen LogP contribution >= 0.6 is 11.8 Å². The molecule has 0 bridgehead atoms. The maximum absolute atomic E-state index is 13.2. The quantitative estimate of drug-likeness (QED) is 0.810. The van der Waals surface area contributed by atoms with E-state index in [-0.39, 0.29) is 17.6 Å². The van der Waals surface area contributed by atoms with Crippen LogP contribution in [0.3, 0.4) is 0 Å². The monoisotopic (exact) mass is 415 g/mol. The van der Waals surface area contributed by atoms with Crippen LogP contribution in [0.15, 0.2) is 36.7 Å². The van der Waals surface area contributed by atoms with Gasteiger partial charge in [0, 0.05) is 50.1 Å². The van der Waals surface area contributed by atoms with Crippen molar-refractivity contribution < 1.29 is 9.18 Å². The molecule has 29 heavy (non-hydrogen) atoms. The van der Waals surface area contributed by atoms with Crippen LogP contribution in [0.2, 0.25) is 0 Å². The predicted octanol–water partition coefficient (Wildman–Crippen LogP) is 2.70. The second-order valence-corrected chi connectivity index (χ2v) is 8.67. The zero-order valence-corrected chi connectivity index (χ0v) is 17.2. The second-order valence-electron chi connectivity index (χ2n) is 7.45. The molecule has 2 aromatic rings. The number of thioether (sulfide) groups is 1. The molecule has 0 radical (unpaired) electrons. The summed E-state index contributed by atoms with van der Waals surface area (Å²) in [6.07, 6.45) is 5.38. The molecule has 0 spiro atoms. The summed E-state index contributed by atoms with van der Waals surface area (Å²) in [6, 6.07) is 6.34. The summed E-state index contributed by atoms with van der Waals surface area (Å²) >= 11 is 1.97. The highest BCUT2D eigenvalue weighted by molar-refractivity contribution is 7.99. The Bertz CT molecular complexity index is 820. The van der Waals surface area contributed by atoms with Gasteiger partial charge in [0.25, 0.3) is 0 Å². The van der Waals surface area contributed by atoms with Gasteiger partial charge < -0.3 is 15.1 Å². The molecule has 1 aromatic carbocycles. The molecule has 1 amide bonds. The standard InChI is InChI=1S/C21H26FN5OS/c22-18-3-1-2-16(12-18)13-23-20(28)17-4-6-26(7-5-17)19-14-24-21(25-15-19)27-8-10-29-11-9-27/h1-3,12,14-15,17H,4-11,13H2,(H,23,28). The molecule has 1 aromatic heterocycles. The molecule has 2 aliphatic heterocycles. The molecule has 2 aliphatic rings. The summed E-state index contributed by atoms with van der Waals surface area (Å²) in [4.78, 5) is 26.0. The van der Waals surface area contributed by atoms with Crippen molar-refractivity contribution in [3.05, 3.63) is 48.0 Å². The van der Waals surface area contributed by atoms with Gasteiger partial charge in [-0.3, -0.25) is 4.79 Å². The number of aromatic nitrogens is 2. The fourth-order valence-electron chi connectivity index (χ4n) is 3.78. The number of benzene rings is 1. The maximum Gasteiger partial charge on any atom is 0.225 e. The lowest BCUT2D eigenvalue weighted by Crippen LogP contribution is -2.40. The Morgan fingerprint density at radius 1 is 1.10 bits per heavy atom. The first-order chi connectivity index (χ1) is 14.2. The van der Waals surface area contributed by atoms with Crippen molar-refractivity contribution in [1.82, 2.24) is 15.3 Å². The van der Waals surface area contributed by atoms with Crippen molar-refractivity contribution in [2.24, 2.45) is 5.92 Å². The maximum atomic E-state index is 13.2. The molecule has 0 unspecified atom stereocenters. The lowest BCUT2D eigenvalue weighted by Gasteiger charge is -2.33. The van der Waals surface area contributed by atoms with Gasteiger partial charge >= 0.3 is 0 Å². The lowest BCUT2D eigenvalue weighted by molar-refractivity contribution is -0.125. The summed E-state index contributed by atoms with van der Waals surface area (Å²) in [7, 11) is 0. The van der Waals surface area contributed by atoms with Crippen LogP contribution in [-0.2, 0) is 11.3 Å². The molecule has 154 valence electrons. The van der Waals surface area contributed by atoms with E-state index in [1.807, 2.05) is 30.2 Å². The van der Waals surface area contributed by atoms with Gasteiger partial charge in [-0.25, -0.2) is 14.4 Å². The highest BCUT2D eigenvalue weighted by Gasteiger charge is 2.25. The number of hydrogen-bond donors (Lipinski definition) is 1. The smallest absolute Gasteiger partial charge is 0.225 e. The zero-order chi connectivity index (χ0) is 20.1. The molecule has 0 aliphatic carbocycles. The third-order valence-electron chi connectivity index (χ3n) is 5.51. The van der Waals surface area contributed by atoms with Gasteiger partial charge in [-0.1, -0.05) is 12.1 Å². The molecule has 6 nitrogen and oxygen atoms in total. The first kappa shape index (κ1) is 19.9. The molecule has 1 N–H and O–H groups in total. The Morgan fingerprint density at radius 3 is 2.52 bits per heavy atom. The number of hydrogen-bond acceptors (Lipinski definition) is 6. The van der Waals surface area contributed by atoms with Crippen molar-refractivity contribution in [1.29, 1.82) is 0 Å². The molecule has 0 saturated carbocycles. The van der Waals surface area contributed by atoms with Crippen LogP contribution in [0.4, 0.5) is 16.0 Å². The minimum Gasteiger partial charge on any atom is -0.369 e. The van der Waals surface area contributed by atoms with Crippen LogP contribution in [0, 0.1) is 11.7 Å². The van der Waals surface area contributed by atoms with E-state index in [2.05, 4.69) is 25.1 Å². The van der Waals surface area contributed by atoms with Crippen LogP contribution in [-0.4, -0.2) is 53.6 Å². The lowest BCUT2D eigenvalue weighted by atomic mass is 9.95. The molecule has 2 saturated heterocycles. The number of nitrogens with one attached hydrogen (secondary N) is 1. The molecule has 2 fully saturated rings. The van der Waals surface area contributed by atoms with Crippen molar-refractivity contribution in [2.45, 2.75) is 19.4 Å². The van der Waals surface area contributed by atoms with Gasteiger partial charge in [0.1, 0.15) is 5.82 Å². The highest BCUT2D eigenvalue weighted by atomic mass is 32.2. The van der Waals surface area contributed by atoms with Crippen molar-refractivity contribution in [2.75, 3.05) is 47.5 Å². The fraction of sp³-hybridized carbons (Fsp3) is 0.476. The number of rotatable bonds is 5.